The van der Waals surface area contributed by atoms with Gasteiger partial charge in [0.1, 0.15) is 0 Å². The molecule has 1 amide bonds. The third-order valence-corrected chi connectivity index (χ3v) is 5.36. The number of hydrogen-bond donors (Lipinski definition) is 1. The van der Waals surface area contributed by atoms with Crippen molar-refractivity contribution in [2.45, 2.75) is 13.0 Å². The highest BCUT2D eigenvalue weighted by atomic mass is 16.5. The number of rotatable bonds is 5. The maximum absolute atomic E-state index is 12.6. The molecule has 4 rings (SSSR count). The molecule has 2 atom stereocenters. The van der Waals surface area contributed by atoms with E-state index in [0.717, 1.165) is 26.1 Å². The third kappa shape index (κ3) is 3.11. The van der Waals surface area contributed by atoms with Crippen molar-refractivity contribution >= 4 is 5.91 Å². The van der Waals surface area contributed by atoms with Gasteiger partial charge < -0.3 is 10.1 Å². The molecule has 2 aromatic rings. The standard InChI is InChI=1S/C18H23N5O2/c1-22-10-14(8-21-22)11-23-7-5-18(13-23)15(9-20-17(18)24)12-25-16-4-2-3-6-19-16/h2-4,6,8,10,15H,5,7,9,11-13H2,1H3,(H,20,24)/t15-,18-/m0/s1. The minimum Gasteiger partial charge on any atom is -0.477 e. The van der Waals surface area contributed by atoms with Crippen LogP contribution in [0.25, 0.3) is 0 Å². The third-order valence-electron chi connectivity index (χ3n) is 5.36. The molecule has 132 valence electrons. The van der Waals surface area contributed by atoms with Crippen molar-refractivity contribution in [3.8, 4) is 5.88 Å². The molecule has 25 heavy (non-hydrogen) atoms. The van der Waals surface area contributed by atoms with Gasteiger partial charge in [-0.15, -0.1) is 0 Å². The quantitative estimate of drug-likeness (QED) is 0.872. The predicted octanol–water partition coefficient (Wildman–Crippen LogP) is 0.832. The zero-order chi connectivity index (χ0) is 17.3. The first-order valence-corrected chi connectivity index (χ1v) is 8.68. The summed E-state index contributed by atoms with van der Waals surface area (Å²) in [5, 5.41) is 7.27. The number of ether oxygens (including phenoxy) is 1. The Kier molecular flexibility index (Phi) is 4.17. The van der Waals surface area contributed by atoms with Crippen LogP contribution >= 0.6 is 0 Å². The number of aromatic nitrogens is 3. The average Bonchev–Trinajstić information content (AvgIpc) is 3.30. The van der Waals surface area contributed by atoms with Crippen molar-refractivity contribution in [2.24, 2.45) is 18.4 Å². The minimum atomic E-state index is -0.350. The lowest BCUT2D eigenvalue weighted by molar-refractivity contribution is -0.128. The zero-order valence-electron chi connectivity index (χ0n) is 14.4. The molecule has 2 saturated heterocycles. The van der Waals surface area contributed by atoms with Gasteiger partial charge in [0, 0.05) is 56.6 Å². The second-order valence-corrected chi connectivity index (χ2v) is 7.02. The molecule has 0 aromatic carbocycles. The molecule has 0 saturated carbocycles. The van der Waals surface area contributed by atoms with Gasteiger partial charge in [0.05, 0.1) is 18.2 Å². The van der Waals surface area contributed by atoms with E-state index in [-0.39, 0.29) is 17.2 Å². The van der Waals surface area contributed by atoms with Crippen LogP contribution in [0.4, 0.5) is 0 Å². The summed E-state index contributed by atoms with van der Waals surface area (Å²) < 4.78 is 7.66. The SMILES string of the molecule is Cn1cc(CN2CC[C@@]3(C2)C(=O)NC[C@H]3COc2ccccn2)cn1. The van der Waals surface area contributed by atoms with Crippen LogP contribution in [0.1, 0.15) is 12.0 Å². The van der Waals surface area contributed by atoms with Crippen molar-refractivity contribution < 1.29 is 9.53 Å². The van der Waals surface area contributed by atoms with E-state index >= 15 is 0 Å². The predicted molar refractivity (Wildman–Crippen MR) is 91.8 cm³/mol. The number of amides is 1. The molecule has 0 unspecified atom stereocenters. The van der Waals surface area contributed by atoms with Gasteiger partial charge >= 0.3 is 0 Å². The van der Waals surface area contributed by atoms with Gasteiger partial charge in [-0.25, -0.2) is 4.98 Å². The van der Waals surface area contributed by atoms with Crippen molar-refractivity contribution in [3.63, 3.8) is 0 Å². The molecular weight excluding hydrogens is 318 g/mol. The molecule has 2 aromatic heterocycles. The van der Waals surface area contributed by atoms with Crippen LogP contribution in [0.15, 0.2) is 36.8 Å². The lowest BCUT2D eigenvalue weighted by atomic mass is 9.77. The van der Waals surface area contributed by atoms with Gasteiger partial charge in [0.15, 0.2) is 0 Å². The second-order valence-electron chi connectivity index (χ2n) is 7.02. The Bertz CT molecular complexity index is 747. The highest BCUT2D eigenvalue weighted by Gasteiger charge is 2.54. The number of nitrogens with one attached hydrogen (secondary N) is 1. The van der Waals surface area contributed by atoms with Gasteiger partial charge in [-0.1, -0.05) is 6.07 Å². The molecule has 0 aliphatic carbocycles. The lowest BCUT2D eigenvalue weighted by Crippen LogP contribution is -2.40. The molecule has 2 fully saturated rings. The Morgan fingerprint density at radius 1 is 1.44 bits per heavy atom. The highest BCUT2D eigenvalue weighted by molar-refractivity contribution is 5.86. The Morgan fingerprint density at radius 3 is 3.12 bits per heavy atom. The van der Waals surface area contributed by atoms with Gasteiger partial charge in [0.25, 0.3) is 0 Å². The summed E-state index contributed by atoms with van der Waals surface area (Å²) in [6, 6.07) is 5.61. The van der Waals surface area contributed by atoms with E-state index in [1.54, 1.807) is 6.20 Å². The fourth-order valence-corrected chi connectivity index (χ4v) is 3.99. The summed E-state index contributed by atoms with van der Waals surface area (Å²) in [4.78, 5) is 19.1. The molecule has 1 spiro atoms. The Morgan fingerprint density at radius 2 is 2.36 bits per heavy atom. The number of carbonyl (C=O) groups excluding carboxylic acids is 1. The van der Waals surface area contributed by atoms with Crippen LogP contribution in [0.3, 0.4) is 0 Å². The number of carbonyl (C=O) groups is 1. The molecular formula is C18H23N5O2. The normalized spacial score (nSPS) is 26.3. The monoisotopic (exact) mass is 341 g/mol. The fraction of sp³-hybridized carbons (Fsp3) is 0.500. The van der Waals surface area contributed by atoms with E-state index in [1.807, 2.05) is 42.3 Å². The van der Waals surface area contributed by atoms with Crippen LogP contribution in [0.2, 0.25) is 0 Å². The summed E-state index contributed by atoms with van der Waals surface area (Å²) in [6.07, 6.45) is 6.51. The van der Waals surface area contributed by atoms with Crippen molar-refractivity contribution in [3.05, 3.63) is 42.4 Å². The average molecular weight is 341 g/mol. The topological polar surface area (TPSA) is 72.3 Å². The summed E-state index contributed by atoms with van der Waals surface area (Å²) in [6.45, 7) is 3.70. The molecule has 0 radical (unpaired) electrons. The van der Waals surface area contributed by atoms with Crippen molar-refractivity contribution in [1.29, 1.82) is 0 Å². The first kappa shape index (κ1) is 16.1. The fourth-order valence-electron chi connectivity index (χ4n) is 3.99. The largest absolute Gasteiger partial charge is 0.477 e. The summed E-state index contributed by atoms with van der Waals surface area (Å²) in [7, 11) is 1.92. The Labute approximate surface area is 147 Å². The van der Waals surface area contributed by atoms with Crippen LogP contribution in [-0.4, -0.2) is 51.8 Å². The van der Waals surface area contributed by atoms with Crippen LogP contribution < -0.4 is 10.1 Å². The minimum absolute atomic E-state index is 0.163. The zero-order valence-corrected chi connectivity index (χ0v) is 14.4. The van der Waals surface area contributed by atoms with E-state index in [1.165, 1.54) is 5.56 Å². The van der Waals surface area contributed by atoms with E-state index in [0.29, 0.717) is 19.0 Å². The highest BCUT2D eigenvalue weighted by Crippen LogP contribution is 2.42. The molecule has 7 heteroatoms. The first-order valence-electron chi connectivity index (χ1n) is 8.68. The number of aryl methyl sites for hydroxylation is 1. The van der Waals surface area contributed by atoms with Gasteiger partial charge in [-0.2, -0.15) is 5.10 Å². The van der Waals surface area contributed by atoms with E-state index in [4.69, 9.17) is 4.74 Å². The van der Waals surface area contributed by atoms with Gasteiger partial charge in [0.2, 0.25) is 11.8 Å². The maximum Gasteiger partial charge on any atom is 0.228 e. The van der Waals surface area contributed by atoms with Crippen molar-refractivity contribution in [1.82, 2.24) is 25.0 Å². The van der Waals surface area contributed by atoms with Crippen molar-refractivity contribution in [2.75, 3.05) is 26.2 Å². The van der Waals surface area contributed by atoms with Gasteiger partial charge in [-0.3, -0.25) is 14.4 Å². The number of pyridine rings is 1. The summed E-state index contributed by atoms with van der Waals surface area (Å²) >= 11 is 0. The van der Waals surface area contributed by atoms with Gasteiger partial charge in [-0.05, 0) is 19.0 Å². The van der Waals surface area contributed by atoms with E-state index < -0.39 is 0 Å². The molecule has 1 N–H and O–H groups in total. The molecule has 2 aliphatic heterocycles. The molecule has 0 bridgehead atoms. The summed E-state index contributed by atoms with van der Waals surface area (Å²) in [5.41, 5.74) is 0.830. The van der Waals surface area contributed by atoms with E-state index in [2.05, 4.69) is 20.3 Å². The maximum atomic E-state index is 12.6. The molecule has 7 nitrogen and oxygen atoms in total. The number of likely N-dealkylation sites (tertiary alicyclic amines) is 1. The van der Waals surface area contributed by atoms with E-state index in [9.17, 15) is 4.79 Å². The second kappa shape index (κ2) is 6.48. The lowest BCUT2D eigenvalue weighted by Gasteiger charge is -2.28. The Hall–Kier alpha value is -2.41. The number of hydrogen-bond acceptors (Lipinski definition) is 5. The first-order chi connectivity index (χ1) is 12.2. The van der Waals surface area contributed by atoms with Crippen LogP contribution in [0, 0.1) is 11.3 Å². The molecule has 2 aliphatic rings. The van der Waals surface area contributed by atoms with Crippen LogP contribution in [0.5, 0.6) is 5.88 Å². The smallest absolute Gasteiger partial charge is 0.228 e. The molecule has 4 heterocycles. The Balaban J connectivity index is 1.42. The summed E-state index contributed by atoms with van der Waals surface area (Å²) in [5.74, 6) is 0.943. The van der Waals surface area contributed by atoms with Crippen LogP contribution in [-0.2, 0) is 18.4 Å². The number of nitrogens with zero attached hydrogens (tertiary/aromatic N) is 4.